The van der Waals surface area contributed by atoms with Crippen LogP contribution in [0.15, 0.2) is 36.4 Å². The van der Waals surface area contributed by atoms with Crippen molar-refractivity contribution >= 4 is 17.3 Å². The van der Waals surface area contributed by atoms with Gasteiger partial charge in [0.15, 0.2) is 0 Å². The molecule has 2 aromatic carbocycles. The van der Waals surface area contributed by atoms with Crippen LogP contribution in [0.1, 0.15) is 29.5 Å². The van der Waals surface area contributed by atoms with E-state index in [1.165, 1.54) is 41.8 Å². The Kier molecular flexibility index (Phi) is 3.93. The Hall–Kier alpha value is -1.54. The molecule has 0 unspecified atom stereocenters. The lowest BCUT2D eigenvalue weighted by molar-refractivity contribution is 0.626. The molecule has 1 N–H and O–H groups in total. The van der Waals surface area contributed by atoms with Crippen LogP contribution in [0.25, 0.3) is 0 Å². The molecule has 3 heteroatoms. The molecule has 2 aromatic rings. The topological polar surface area (TPSA) is 12.0 Å². The second kappa shape index (κ2) is 5.84. The summed E-state index contributed by atoms with van der Waals surface area (Å²) in [6.45, 7) is 0.591. The quantitative estimate of drug-likeness (QED) is 0.841. The molecule has 0 aromatic heterocycles. The monoisotopic (exact) mass is 289 g/mol. The first-order valence-electron chi connectivity index (χ1n) is 7.02. The zero-order chi connectivity index (χ0) is 13.9. The Bertz CT molecular complexity index is 604. The average Bonchev–Trinajstić information content (AvgIpc) is 2.44. The molecule has 104 valence electrons. The molecule has 0 saturated heterocycles. The van der Waals surface area contributed by atoms with Crippen LogP contribution in [0.2, 0.25) is 5.02 Å². The fraction of sp³-hybridized carbons (Fsp3) is 0.294. The van der Waals surface area contributed by atoms with Crippen molar-refractivity contribution in [2.24, 2.45) is 0 Å². The molecule has 0 bridgehead atoms. The Morgan fingerprint density at radius 2 is 1.95 bits per heavy atom. The molecule has 1 aliphatic carbocycles. The summed E-state index contributed by atoms with van der Waals surface area (Å²) in [5, 5.41) is 3.86. The second-order valence-corrected chi connectivity index (χ2v) is 5.72. The van der Waals surface area contributed by atoms with Crippen molar-refractivity contribution in [3.63, 3.8) is 0 Å². The number of aryl methyl sites for hydroxylation is 1. The molecule has 1 nitrogen and oxygen atoms in total. The molecule has 0 heterocycles. The lowest BCUT2D eigenvalue weighted by Gasteiger charge is -2.20. The van der Waals surface area contributed by atoms with Crippen LogP contribution in [0.5, 0.6) is 0 Å². The summed E-state index contributed by atoms with van der Waals surface area (Å²) < 4.78 is 13.3. The standard InChI is InChI=1S/C17H17ClFN/c18-14-8-12(9-15(19)10-14)11-20-17-7-3-5-13-4-1-2-6-16(13)17/h3,5,7-10,20H,1-2,4,6,11H2. The zero-order valence-corrected chi connectivity index (χ0v) is 12.0. The third kappa shape index (κ3) is 2.96. The van der Waals surface area contributed by atoms with Crippen LogP contribution in [-0.4, -0.2) is 0 Å². The van der Waals surface area contributed by atoms with Crippen LogP contribution in [-0.2, 0) is 19.4 Å². The summed E-state index contributed by atoms with van der Waals surface area (Å²) in [6, 6.07) is 11.0. The predicted molar refractivity (Wildman–Crippen MR) is 81.8 cm³/mol. The number of hydrogen-bond donors (Lipinski definition) is 1. The van der Waals surface area contributed by atoms with E-state index in [0.29, 0.717) is 11.6 Å². The van der Waals surface area contributed by atoms with Crippen LogP contribution >= 0.6 is 11.6 Å². The average molecular weight is 290 g/mol. The smallest absolute Gasteiger partial charge is 0.125 e. The molecular weight excluding hydrogens is 273 g/mol. The molecule has 0 amide bonds. The Labute approximate surface area is 123 Å². The van der Waals surface area contributed by atoms with Gasteiger partial charge in [0, 0.05) is 17.3 Å². The molecule has 0 radical (unpaired) electrons. The molecule has 3 rings (SSSR count). The van der Waals surface area contributed by atoms with Gasteiger partial charge < -0.3 is 5.32 Å². The predicted octanol–water partition coefficient (Wildman–Crippen LogP) is 4.97. The maximum atomic E-state index is 13.3. The van der Waals surface area contributed by atoms with Crippen molar-refractivity contribution in [3.05, 3.63) is 63.9 Å². The highest BCUT2D eigenvalue weighted by atomic mass is 35.5. The van der Waals surface area contributed by atoms with E-state index in [-0.39, 0.29) is 5.82 Å². The van der Waals surface area contributed by atoms with Crippen molar-refractivity contribution in [2.75, 3.05) is 5.32 Å². The molecule has 1 aliphatic rings. The SMILES string of the molecule is Fc1cc(Cl)cc(CNc2cccc3c2CCCC3)c1. The molecule has 0 spiro atoms. The van der Waals surface area contributed by atoms with Gasteiger partial charge in [-0.05, 0) is 66.6 Å². The van der Waals surface area contributed by atoms with Crippen LogP contribution < -0.4 is 5.32 Å². The maximum absolute atomic E-state index is 13.3. The van der Waals surface area contributed by atoms with Gasteiger partial charge in [-0.25, -0.2) is 4.39 Å². The minimum absolute atomic E-state index is 0.288. The van der Waals surface area contributed by atoms with Crippen molar-refractivity contribution in [1.82, 2.24) is 0 Å². The van der Waals surface area contributed by atoms with Crippen molar-refractivity contribution in [3.8, 4) is 0 Å². The number of nitrogens with one attached hydrogen (secondary N) is 1. The molecule has 0 atom stereocenters. The summed E-state index contributed by atoms with van der Waals surface area (Å²) in [5.41, 5.74) is 4.89. The van der Waals surface area contributed by atoms with E-state index in [4.69, 9.17) is 11.6 Å². The Balaban J connectivity index is 1.78. The first kappa shape index (κ1) is 13.4. The number of benzene rings is 2. The van der Waals surface area contributed by atoms with E-state index in [1.807, 2.05) is 0 Å². The van der Waals surface area contributed by atoms with Crippen LogP contribution in [0.3, 0.4) is 0 Å². The number of hydrogen-bond acceptors (Lipinski definition) is 1. The van der Waals surface area contributed by atoms with E-state index in [9.17, 15) is 4.39 Å². The fourth-order valence-corrected chi connectivity index (χ4v) is 3.10. The highest BCUT2D eigenvalue weighted by Crippen LogP contribution is 2.28. The number of rotatable bonds is 3. The van der Waals surface area contributed by atoms with Gasteiger partial charge >= 0.3 is 0 Å². The third-order valence-electron chi connectivity index (χ3n) is 3.80. The van der Waals surface area contributed by atoms with E-state index in [1.54, 1.807) is 6.07 Å². The van der Waals surface area contributed by atoms with Crippen molar-refractivity contribution in [2.45, 2.75) is 32.2 Å². The van der Waals surface area contributed by atoms with Crippen molar-refractivity contribution < 1.29 is 4.39 Å². The number of halogens is 2. The van der Waals surface area contributed by atoms with Gasteiger partial charge in [-0.1, -0.05) is 23.7 Å². The van der Waals surface area contributed by atoms with Gasteiger partial charge in [0.2, 0.25) is 0 Å². The Morgan fingerprint density at radius 3 is 2.80 bits per heavy atom. The number of fused-ring (bicyclic) bond motifs is 1. The summed E-state index contributed by atoms with van der Waals surface area (Å²) in [5.74, 6) is -0.288. The van der Waals surface area contributed by atoms with Crippen molar-refractivity contribution in [1.29, 1.82) is 0 Å². The largest absolute Gasteiger partial charge is 0.381 e. The van der Waals surface area contributed by atoms with Crippen LogP contribution in [0.4, 0.5) is 10.1 Å². The van der Waals surface area contributed by atoms with Gasteiger partial charge in [0.05, 0.1) is 0 Å². The molecule has 0 saturated carbocycles. The minimum Gasteiger partial charge on any atom is -0.381 e. The number of anilines is 1. The zero-order valence-electron chi connectivity index (χ0n) is 11.3. The highest BCUT2D eigenvalue weighted by molar-refractivity contribution is 6.30. The minimum atomic E-state index is -0.288. The summed E-state index contributed by atoms with van der Waals surface area (Å²) in [7, 11) is 0. The maximum Gasteiger partial charge on any atom is 0.125 e. The van der Waals surface area contributed by atoms with E-state index in [2.05, 4.69) is 23.5 Å². The third-order valence-corrected chi connectivity index (χ3v) is 4.02. The first-order valence-corrected chi connectivity index (χ1v) is 7.40. The molecule has 0 aliphatic heterocycles. The lowest BCUT2D eigenvalue weighted by atomic mass is 9.90. The molecular formula is C17H17ClFN. The fourth-order valence-electron chi connectivity index (χ4n) is 2.86. The van der Waals surface area contributed by atoms with Gasteiger partial charge in [0.25, 0.3) is 0 Å². The normalized spacial score (nSPS) is 13.9. The van der Waals surface area contributed by atoms with Gasteiger partial charge in [-0.3, -0.25) is 0 Å². The lowest BCUT2D eigenvalue weighted by Crippen LogP contribution is -2.08. The van der Waals surface area contributed by atoms with E-state index in [0.717, 1.165) is 18.4 Å². The highest BCUT2D eigenvalue weighted by Gasteiger charge is 2.12. The van der Waals surface area contributed by atoms with Gasteiger partial charge in [-0.15, -0.1) is 0 Å². The van der Waals surface area contributed by atoms with E-state index >= 15 is 0 Å². The summed E-state index contributed by atoms with van der Waals surface area (Å²) in [6.07, 6.45) is 4.81. The molecule has 20 heavy (non-hydrogen) atoms. The second-order valence-electron chi connectivity index (χ2n) is 5.28. The summed E-state index contributed by atoms with van der Waals surface area (Å²) in [4.78, 5) is 0. The first-order chi connectivity index (χ1) is 9.72. The molecule has 0 fully saturated rings. The van der Waals surface area contributed by atoms with Gasteiger partial charge in [-0.2, -0.15) is 0 Å². The van der Waals surface area contributed by atoms with Gasteiger partial charge in [0.1, 0.15) is 5.82 Å². The van der Waals surface area contributed by atoms with Crippen LogP contribution in [0, 0.1) is 5.82 Å². The summed E-state index contributed by atoms with van der Waals surface area (Å²) >= 11 is 5.88. The Morgan fingerprint density at radius 1 is 1.10 bits per heavy atom. The van der Waals surface area contributed by atoms with E-state index < -0.39 is 0 Å².